The first-order valence-corrected chi connectivity index (χ1v) is 6.55. The molecule has 0 aliphatic rings. The summed E-state index contributed by atoms with van der Waals surface area (Å²) >= 11 is 4.76. The van der Waals surface area contributed by atoms with Crippen molar-refractivity contribution >= 4 is 33.6 Å². The first-order chi connectivity index (χ1) is 6.15. The molecule has 0 bridgehead atoms. The van der Waals surface area contributed by atoms with E-state index in [1.54, 1.807) is 11.8 Å². The minimum Gasteiger partial charge on any atom is -0.395 e. The predicted octanol–water partition coefficient (Wildman–Crippen LogP) is 1.00. The van der Waals surface area contributed by atoms with Crippen LogP contribution in [0.4, 0.5) is 0 Å². The maximum atomic E-state index is 11.2. The zero-order valence-corrected chi connectivity index (χ0v) is 10.3. The van der Waals surface area contributed by atoms with Crippen molar-refractivity contribution in [3.63, 3.8) is 0 Å². The lowest BCUT2D eigenvalue weighted by Crippen LogP contribution is -2.41. The van der Waals surface area contributed by atoms with Crippen LogP contribution in [0.25, 0.3) is 0 Å². The van der Waals surface area contributed by atoms with Crippen LogP contribution in [0.1, 0.15) is 13.3 Å². The molecule has 13 heavy (non-hydrogen) atoms. The molecule has 2 atom stereocenters. The third-order valence-electron chi connectivity index (χ3n) is 1.75. The Balaban J connectivity index is 3.82. The number of nitrogens with one attached hydrogen (secondary N) is 1. The van der Waals surface area contributed by atoms with E-state index in [9.17, 15) is 4.79 Å². The maximum Gasteiger partial charge on any atom is 0.221 e. The van der Waals surface area contributed by atoms with Crippen LogP contribution in [0.3, 0.4) is 0 Å². The summed E-state index contributed by atoms with van der Waals surface area (Å²) in [4.78, 5) is 11.2. The van der Waals surface area contributed by atoms with Crippen molar-refractivity contribution in [2.24, 2.45) is 0 Å². The van der Waals surface area contributed by atoms with E-state index >= 15 is 0 Å². The summed E-state index contributed by atoms with van der Waals surface area (Å²) in [6, 6.07) is 0.0200. The number of rotatable bonds is 6. The zero-order valence-electron chi connectivity index (χ0n) is 7.92. The standard InChI is InChI=1S/C8H16BrNO2S/c1-6(7(5-11)13-2)10-8(12)3-4-9/h6-7,11H,3-5H2,1-2H3,(H,10,12). The summed E-state index contributed by atoms with van der Waals surface area (Å²) in [5, 5.41) is 12.5. The molecule has 0 radical (unpaired) electrons. The summed E-state index contributed by atoms with van der Waals surface area (Å²) in [5.74, 6) is 0.0249. The van der Waals surface area contributed by atoms with Crippen molar-refractivity contribution in [3.05, 3.63) is 0 Å². The first kappa shape index (κ1) is 13.3. The molecule has 3 nitrogen and oxygen atoms in total. The van der Waals surface area contributed by atoms with Crippen LogP contribution in [0.2, 0.25) is 0 Å². The van der Waals surface area contributed by atoms with Crippen LogP contribution >= 0.6 is 27.7 Å². The number of aliphatic hydroxyl groups excluding tert-OH is 1. The second-order valence-corrected chi connectivity index (χ2v) is 4.62. The topological polar surface area (TPSA) is 49.3 Å². The highest BCUT2D eigenvalue weighted by molar-refractivity contribution is 9.09. The molecule has 78 valence electrons. The number of amides is 1. The van der Waals surface area contributed by atoms with Crippen molar-refractivity contribution in [2.45, 2.75) is 24.6 Å². The monoisotopic (exact) mass is 269 g/mol. The van der Waals surface area contributed by atoms with E-state index in [1.807, 2.05) is 13.2 Å². The third kappa shape index (κ3) is 5.54. The number of carbonyl (C=O) groups is 1. The minimum atomic E-state index is 0.0200. The van der Waals surface area contributed by atoms with E-state index in [2.05, 4.69) is 21.2 Å². The average molecular weight is 270 g/mol. The van der Waals surface area contributed by atoms with Gasteiger partial charge in [0.15, 0.2) is 0 Å². The minimum absolute atomic E-state index is 0.0200. The lowest BCUT2D eigenvalue weighted by molar-refractivity contribution is -0.121. The van der Waals surface area contributed by atoms with Gasteiger partial charge in [0, 0.05) is 23.0 Å². The Morgan fingerprint density at radius 1 is 1.69 bits per heavy atom. The molecule has 0 aromatic rings. The molecule has 0 aliphatic carbocycles. The van der Waals surface area contributed by atoms with Gasteiger partial charge < -0.3 is 10.4 Å². The highest BCUT2D eigenvalue weighted by Crippen LogP contribution is 2.10. The van der Waals surface area contributed by atoms with Crippen LogP contribution in [-0.4, -0.2) is 40.5 Å². The van der Waals surface area contributed by atoms with Gasteiger partial charge in [0.2, 0.25) is 5.91 Å². The second-order valence-electron chi connectivity index (χ2n) is 2.75. The molecule has 0 aromatic heterocycles. The van der Waals surface area contributed by atoms with Crippen molar-refractivity contribution in [3.8, 4) is 0 Å². The number of alkyl halides is 1. The van der Waals surface area contributed by atoms with Gasteiger partial charge >= 0.3 is 0 Å². The number of halogens is 1. The van der Waals surface area contributed by atoms with Crippen LogP contribution in [0.15, 0.2) is 0 Å². The Labute approximate surface area is 91.8 Å². The van der Waals surface area contributed by atoms with Gasteiger partial charge in [-0.25, -0.2) is 0 Å². The summed E-state index contributed by atoms with van der Waals surface area (Å²) < 4.78 is 0. The van der Waals surface area contributed by atoms with Gasteiger partial charge in [0.1, 0.15) is 0 Å². The fourth-order valence-electron chi connectivity index (χ4n) is 0.942. The molecular weight excluding hydrogens is 254 g/mol. The first-order valence-electron chi connectivity index (χ1n) is 4.14. The summed E-state index contributed by atoms with van der Waals surface area (Å²) in [6.07, 6.45) is 2.41. The molecule has 0 rings (SSSR count). The molecule has 2 unspecified atom stereocenters. The van der Waals surface area contributed by atoms with Crippen molar-refractivity contribution in [1.82, 2.24) is 5.32 Å². The molecule has 0 saturated heterocycles. The molecule has 1 amide bonds. The van der Waals surface area contributed by atoms with Gasteiger partial charge in [0.05, 0.1) is 6.61 Å². The number of carbonyl (C=O) groups excluding carboxylic acids is 1. The van der Waals surface area contributed by atoms with Crippen LogP contribution in [0, 0.1) is 0 Å². The van der Waals surface area contributed by atoms with Gasteiger partial charge in [-0.1, -0.05) is 15.9 Å². The Kier molecular flexibility index (Phi) is 7.80. The molecule has 0 spiro atoms. The van der Waals surface area contributed by atoms with Gasteiger partial charge in [-0.2, -0.15) is 11.8 Å². The largest absolute Gasteiger partial charge is 0.395 e. The van der Waals surface area contributed by atoms with Gasteiger partial charge in [-0.3, -0.25) is 4.79 Å². The Hall–Kier alpha value is 0.260. The average Bonchev–Trinajstić information content (AvgIpc) is 2.06. The van der Waals surface area contributed by atoms with Gasteiger partial charge in [0.25, 0.3) is 0 Å². The lowest BCUT2D eigenvalue weighted by Gasteiger charge is -2.20. The van der Waals surface area contributed by atoms with E-state index in [4.69, 9.17) is 5.11 Å². The van der Waals surface area contributed by atoms with Crippen molar-refractivity contribution in [2.75, 3.05) is 18.2 Å². The fourth-order valence-corrected chi connectivity index (χ4v) is 1.93. The Morgan fingerprint density at radius 2 is 2.31 bits per heavy atom. The lowest BCUT2D eigenvalue weighted by atomic mass is 10.2. The van der Waals surface area contributed by atoms with E-state index < -0.39 is 0 Å². The molecule has 0 aliphatic heterocycles. The Bertz CT molecular complexity index is 153. The van der Waals surface area contributed by atoms with E-state index in [1.165, 1.54) is 0 Å². The quantitative estimate of drug-likeness (QED) is 0.708. The maximum absolute atomic E-state index is 11.2. The third-order valence-corrected chi connectivity index (χ3v) is 3.31. The highest BCUT2D eigenvalue weighted by Gasteiger charge is 2.16. The van der Waals surface area contributed by atoms with Crippen LogP contribution < -0.4 is 5.32 Å². The molecule has 2 N–H and O–H groups in total. The smallest absolute Gasteiger partial charge is 0.221 e. The molecule has 5 heteroatoms. The molecule has 0 fully saturated rings. The van der Waals surface area contributed by atoms with Crippen molar-refractivity contribution in [1.29, 1.82) is 0 Å². The van der Waals surface area contributed by atoms with E-state index in [0.29, 0.717) is 11.8 Å². The van der Waals surface area contributed by atoms with Gasteiger partial charge in [-0.05, 0) is 13.2 Å². The van der Waals surface area contributed by atoms with Gasteiger partial charge in [-0.15, -0.1) is 0 Å². The number of thioether (sulfide) groups is 1. The van der Waals surface area contributed by atoms with E-state index in [-0.39, 0.29) is 23.8 Å². The SMILES string of the molecule is CSC(CO)C(C)NC(=O)CCBr. The van der Waals surface area contributed by atoms with Crippen molar-refractivity contribution < 1.29 is 9.90 Å². The summed E-state index contributed by atoms with van der Waals surface area (Å²) in [6.45, 7) is 2.00. The zero-order chi connectivity index (χ0) is 10.3. The molecule has 0 aromatic carbocycles. The fraction of sp³-hybridized carbons (Fsp3) is 0.875. The highest BCUT2D eigenvalue weighted by atomic mass is 79.9. The summed E-state index contributed by atoms with van der Waals surface area (Å²) in [5.41, 5.74) is 0. The number of hydrogen-bond donors (Lipinski definition) is 2. The van der Waals surface area contributed by atoms with Crippen LogP contribution in [-0.2, 0) is 4.79 Å². The normalized spacial score (nSPS) is 15.1. The predicted molar refractivity (Wildman–Crippen MR) is 60.4 cm³/mol. The number of aliphatic hydroxyl groups is 1. The number of hydrogen-bond acceptors (Lipinski definition) is 3. The van der Waals surface area contributed by atoms with E-state index in [0.717, 1.165) is 0 Å². The van der Waals surface area contributed by atoms with Crippen LogP contribution in [0.5, 0.6) is 0 Å². The molecule has 0 saturated carbocycles. The molecular formula is C8H16BrNO2S. The Morgan fingerprint density at radius 3 is 2.69 bits per heavy atom. The second kappa shape index (κ2) is 7.64. The summed E-state index contributed by atoms with van der Waals surface area (Å²) in [7, 11) is 0. The molecule has 0 heterocycles.